The first-order chi connectivity index (χ1) is 16.4. The molecule has 0 saturated carbocycles. The van der Waals surface area contributed by atoms with Crippen molar-refractivity contribution in [1.29, 1.82) is 0 Å². The molecule has 1 rings (SSSR count). The molecule has 0 aliphatic heterocycles. The fraction of sp³-hybridized carbons (Fsp3) is 0.609. The van der Waals surface area contributed by atoms with Crippen LogP contribution in [-0.2, 0) is 19.0 Å². The van der Waals surface area contributed by atoms with Gasteiger partial charge in [0.2, 0.25) is 0 Å². The predicted molar refractivity (Wildman–Crippen MR) is 138 cm³/mol. The highest BCUT2D eigenvalue weighted by Crippen LogP contribution is 2.37. The summed E-state index contributed by atoms with van der Waals surface area (Å²) in [4.78, 5) is 5.27. The highest BCUT2D eigenvalue weighted by atomic mass is 35.5. The monoisotopic (exact) mass is 559 g/mol. The van der Waals surface area contributed by atoms with Crippen molar-refractivity contribution in [2.24, 2.45) is 5.16 Å². The summed E-state index contributed by atoms with van der Waals surface area (Å²) in [6, 6.07) is 3.27. The molecule has 0 fully saturated rings. The first-order valence-corrected chi connectivity index (χ1v) is 12.6. The van der Waals surface area contributed by atoms with Gasteiger partial charge in [-0.05, 0) is 46.1 Å². The molecule has 0 radical (unpaired) electrons. The zero-order valence-corrected chi connectivity index (χ0v) is 22.8. The first kappa shape index (κ1) is 31.1. The Hall–Kier alpha value is -0.930. The van der Waals surface area contributed by atoms with Crippen molar-refractivity contribution in [1.82, 2.24) is 0 Å². The minimum Gasteiger partial charge on any atom is -0.490 e. The van der Waals surface area contributed by atoms with Crippen LogP contribution in [0.1, 0.15) is 40.0 Å². The van der Waals surface area contributed by atoms with Gasteiger partial charge in [-0.3, -0.25) is 0 Å². The summed E-state index contributed by atoms with van der Waals surface area (Å²) in [6.45, 7) is 8.69. The Balaban J connectivity index is 2.19. The van der Waals surface area contributed by atoms with E-state index in [1.54, 1.807) is 12.1 Å². The minimum atomic E-state index is -0.413. The molecule has 7 nitrogen and oxygen atoms in total. The molecule has 0 amide bonds. The number of ether oxygens (including phenoxy) is 5. The number of oxime groups is 1. The second-order valence-electron chi connectivity index (χ2n) is 6.95. The Morgan fingerprint density at radius 2 is 1.62 bits per heavy atom. The van der Waals surface area contributed by atoms with Crippen molar-refractivity contribution in [2.75, 3.05) is 46.2 Å². The Kier molecular flexibility index (Phi) is 17.6. The summed E-state index contributed by atoms with van der Waals surface area (Å²) in [7, 11) is 0. The minimum absolute atomic E-state index is 0.129. The Labute approximate surface area is 222 Å². The summed E-state index contributed by atoms with van der Waals surface area (Å²) >= 11 is 23.6. The van der Waals surface area contributed by atoms with Gasteiger partial charge < -0.3 is 28.5 Å². The van der Waals surface area contributed by atoms with Gasteiger partial charge >= 0.3 is 0 Å². The fourth-order valence-electron chi connectivity index (χ4n) is 2.59. The highest BCUT2D eigenvalue weighted by Gasteiger charge is 2.11. The van der Waals surface area contributed by atoms with E-state index in [-0.39, 0.29) is 17.7 Å². The summed E-state index contributed by atoms with van der Waals surface area (Å²) in [5, 5.41) is 4.76. The largest absolute Gasteiger partial charge is 0.490 e. The molecule has 0 aliphatic rings. The van der Waals surface area contributed by atoms with Crippen LogP contribution in [0.25, 0.3) is 0 Å². The number of halogens is 4. The summed E-state index contributed by atoms with van der Waals surface area (Å²) in [5.74, 6) is 0.929. The van der Waals surface area contributed by atoms with E-state index in [9.17, 15) is 0 Å². The SMILES string of the molecule is CCOC(CON=C(C)COCCCCCOc1c(Cl)cc(OCC=C(Cl)Cl)cc1Cl)OCC. The van der Waals surface area contributed by atoms with E-state index in [0.29, 0.717) is 54.6 Å². The average molecular weight is 561 g/mol. The zero-order chi connectivity index (χ0) is 25.2. The Bertz CT molecular complexity index is 730. The zero-order valence-electron chi connectivity index (χ0n) is 19.8. The number of benzene rings is 1. The normalized spacial score (nSPS) is 11.6. The van der Waals surface area contributed by atoms with Crippen molar-refractivity contribution < 1.29 is 28.5 Å². The third-order valence-electron chi connectivity index (χ3n) is 4.09. The maximum absolute atomic E-state index is 6.26. The predicted octanol–water partition coefficient (Wildman–Crippen LogP) is 7.05. The Morgan fingerprint density at radius 1 is 0.971 bits per heavy atom. The molecular formula is C23H33Cl4NO6. The van der Waals surface area contributed by atoms with Crippen LogP contribution >= 0.6 is 46.4 Å². The molecule has 34 heavy (non-hydrogen) atoms. The van der Waals surface area contributed by atoms with Gasteiger partial charge in [0.15, 0.2) is 18.6 Å². The molecule has 0 heterocycles. The molecule has 1 aromatic carbocycles. The van der Waals surface area contributed by atoms with Crippen molar-refractivity contribution >= 4 is 52.1 Å². The Morgan fingerprint density at radius 3 is 2.24 bits per heavy atom. The first-order valence-electron chi connectivity index (χ1n) is 11.1. The number of rotatable bonds is 19. The highest BCUT2D eigenvalue weighted by molar-refractivity contribution is 6.55. The van der Waals surface area contributed by atoms with Crippen molar-refractivity contribution in [2.45, 2.75) is 46.3 Å². The van der Waals surface area contributed by atoms with Crippen LogP contribution < -0.4 is 9.47 Å². The smallest absolute Gasteiger partial charge is 0.194 e. The van der Waals surface area contributed by atoms with Gasteiger partial charge in [-0.1, -0.05) is 51.6 Å². The maximum Gasteiger partial charge on any atom is 0.194 e. The third kappa shape index (κ3) is 14.5. The van der Waals surface area contributed by atoms with Crippen LogP contribution in [0, 0.1) is 0 Å². The molecule has 0 N–H and O–H groups in total. The lowest BCUT2D eigenvalue weighted by Crippen LogP contribution is -2.23. The van der Waals surface area contributed by atoms with Gasteiger partial charge in [-0.25, -0.2) is 0 Å². The summed E-state index contributed by atoms with van der Waals surface area (Å²) in [5.41, 5.74) is 0.744. The number of hydrogen-bond acceptors (Lipinski definition) is 7. The molecule has 0 aliphatic carbocycles. The second kappa shape index (κ2) is 19.3. The lowest BCUT2D eigenvalue weighted by molar-refractivity contribution is -0.167. The molecule has 0 aromatic heterocycles. The molecule has 0 unspecified atom stereocenters. The van der Waals surface area contributed by atoms with Crippen LogP contribution in [-0.4, -0.2) is 58.2 Å². The number of hydrogen-bond donors (Lipinski definition) is 0. The molecule has 0 spiro atoms. The summed E-state index contributed by atoms with van der Waals surface area (Å²) in [6.07, 6.45) is 3.75. The van der Waals surface area contributed by atoms with Crippen LogP contribution in [0.2, 0.25) is 10.0 Å². The molecule has 1 aromatic rings. The number of unbranched alkanes of at least 4 members (excludes halogenated alkanes) is 2. The van der Waals surface area contributed by atoms with Gasteiger partial charge in [0.25, 0.3) is 0 Å². The maximum atomic E-state index is 6.26. The van der Waals surface area contributed by atoms with E-state index in [0.717, 1.165) is 25.0 Å². The van der Waals surface area contributed by atoms with Crippen molar-refractivity contribution in [3.8, 4) is 11.5 Å². The van der Waals surface area contributed by atoms with E-state index in [2.05, 4.69) is 5.16 Å². The van der Waals surface area contributed by atoms with Gasteiger partial charge in [0, 0.05) is 32.0 Å². The van der Waals surface area contributed by atoms with Gasteiger partial charge in [-0.15, -0.1) is 0 Å². The molecule has 0 saturated heterocycles. The lowest BCUT2D eigenvalue weighted by atomic mass is 10.2. The molecule has 0 atom stereocenters. The molecule has 0 bridgehead atoms. The second-order valence-corrected chi connectivity index (χ2v) is 8.77. The van der Waals surface area contributed by atoms with Gasteiger partial charge in [-0.2, -0.15) is 0 Å². The average Bonchev–Trinajstić information content (AvgIpc) is 2.77. The van der Waals surface area contributed by atoms with E-state index < -0.39 is 6.29 Å². The fourth-order valence-corrected chi connectivity index (χ4v) is 3.29. The topological polar surface area (TPSA) is 67.7 Å². The van der Waals surface area contributed by atoms with Crippen LogP contribution in [0.3, 0.4) is 0 Å². The van der Waals surface area contributed by atoms with E-state index in [4.69, 9.17) is 74.9 Å². The van der Waals surface area contributed by atoms with E-state index >= 15 is 0 Å². The molecule has 11 heteroatoms. The van der Waals surface area contributed by atoms with Gasteiger partial charge in [0.1, 0.15) is 16.8 Å². The van der Waals surface area contributed by atoms with Gasteiger partial charge in [0.05, 0.1) is 29.0 Å². The van der Waals surface area contributed by atoms with E-state index in [1.165, 1.54) is 6.08 Å². The summed E-state index contributed by atoms with van der Waals surface area (Å²) < 4.78 is 27.7. The van der Waals surface area contributed by atoms with Crippen LogP contribution in [0.5, 0.6) is 11.5 Å². The van der Waals surface area contributed by atoms with E-state index in [1.807, 2.05) is 20.8 Å². The van der Waals surface area contributed by atoms with Crippen molar-refractivity contribution in [3.63, 3.8) is 0 Å². The molecule has 194 valence electrons. The molecular weight excluding hydrogens is 528 g/mol. The third-order valence-corrected chi connectivity index (χ3v) is 4.96. The van der Waals surface area contributed by atoms with Crippen molar-refractivity contribution in [3.05, 3.63) is 32.7 Å². The number of nitrogens with zero attached hydrogens (tertiary/aromatic N) is 1. The van der Waals surface area contributed by atoms with Crippen LogP contribution in [0.15, 0.2) is 27.9 Å². The quantitative estimate of drug-likeness (QED) is 0.0781. The van der Waals surface area contributed by atoms with Crippen LogP contribution in [0.4, 0.5) is 0 Å². The standard InChI is InChI=1S/C23H33Cl4NO6/c1-4-30-22(31-5-2)16-34-28-17(3)15-29-10-7-6-8-11-33-23-19(24)13-18(14-20(23)25)32-12-9-21(26)27/h9,13-14,22H,4-8,10-12,15-16H2,1-3H3. The lowest BCUT2D eigenvalue weighted by Gasteiger charge is -2.15.